The highest BCUT2D eigenvalue weighted by Gasteiger charge is 2.10. The van der Waals surface area contributed by atoms with Crippen LogP contribution < -0.4 is 11.1 Å². The third-order valence-electron chi connectivity index (χ3n) is 2.67. The Morgan fingerprint density at radius 1 is 1.25 bits per heavy atom. The molecule has 104 valence electrons. The van der Waals surface area contributed by atoms with Crippen LogP contribution in [-0.4, -0.2) is 12.5 Å². The van der Waals surface area contributed by atoms with Crippen molar-refractivity contribution in [2.75, 3.05) is 12.3 Å². The molecule has 0 aliphatic heterocycles. The Labute approximate surface area is 121 Å². The van der Waals surface area contributed by atoms with E-state index in [4.69, 9.17) is 5.73 Å². The van der Waals surface area contributed by atoms with Crippen LogP contribution in [0.3, 0.4) is 0 Å². The molecule has 0 saturated carbocycles. The molecule has 3 N–H and O–H groups in total. The molecule has 0 spiro atoms. The number of rotatable bonds is 4. The van der Waals surface area contributed by atoms with Gasteiger partial charge in [0, 0.05) is 27.6 Å². The monoisotopic (exact) mass is 290 g/mol. The lowest BCUT2D eigenvalue weighted by molar-refractivity contribution is 0.0956. The average molecular weight is 290 g/mol. The summed E-state index contributed by atoms with van der Waals surface area (Å²) in [5.41, 5.74) is 6.89. The van der Waals surface area contributed by atoms with Crippen molar-refractivity contribution in [3.63, 3.8) is 0 Å². The van der Waals surface area contributed by atoms with E-state index in [-0.39, 0.29) is 11.7 Å². The first-order valence-electron chi connectivity index (χ1n) is 6.22. The van der Waals surface area contributed by atoms with Gasteiger partial charge in [0.1, 0.15) is 5.82 Å². The first kappa shape index (κ1) is 14.4. The first-order valence-corrected chi connectivity index (χ1v) is 7.03. The summed E-state index contributed by atoms with van der Waals surface area (Å²) in [5, 5.41) is 2.71. The highest BCUT2D eigenvalue weighted by Crippen LogP contribution is 2.33. The van der Waals surface area contributed by atoms with Crippen LogP contribution in [0.1, 0.15) is 17.3 Å². The van der Waals surface area contributed by atoms with Gasteiger partial charge in [0.15, 0.2) is 0 Å². The SMILES string of the molecule is CCNC(=O)c1ccc(Sc2ccccc2F)c(N)c1. The number of nitrogens with two attached hydrogens (primary N) is 1. The topological polar surface area (TPSA) is 55.1 Å². The van der Waals surface area contributed by atoms with Crippen LogP contribution in [0.15, 0.2) is 52.3 Å². The number of halogens is 1. The Morgan fingerprint density at radius 2 is 2.00 bits per heavy atom. The van der Waals surface area contributed by atoms with Crippen molar-refractivity contribution in [3.05, 3.63) is 53.8 Å². The van der Waals surface area contributed by atoms with Gasteiger partial charge in [-0.1, -0.05) is 23.9 Å². The third kappa shape index (κ3) is 3.30. The van der Waals surface area contributed by atoms with Crippen molar-refractivity contribution in [1.29, 1.82) is 0 Å². The highest BCUT2D eigenvalue weighted by atomic mass is 32.2. The molecule has 20 heavy (non-hydrogen) atoms. The van der Waals surface area contributed by atoms with E-state index in [0.717, 1.165) is 4.90 Å². The number of hydrogen-bond donors (Lipinski definition) is 2. The molecule has 2 aromatic rings. The number of benzene rings is 2. The summed E-state index contributed by atoms with van der Waals surface area (Å²) in [6, 6.07) is 11.5. The Kier molecular flexibility index (Phi) is 4.63. The van der Waals surface area contributed by atoms with Crippen LogP contribution in [0.5, 0.6) is 0 Å². The summed E-state index contributed by atoms with van der Waals surface area (Å²) < 4.78 is 13.6. The van der Waals surface area contributed by atoms with E-state index in [9.17, 15) is 9.18 Å². The number of nitrogen functional groups attached to an aromatic ring is 1. The van der Waals surface area contributed by atoms with Gasteiger partial charge in [-0.25, -0.2) is 4.39 Å². The zero-order valence-electron chi connectivity index (χ0n) is 11.0. The molecule has 0 heterocycles. The van der Waals surface area contributed by atoms with Crippen molar-refractivity contribution in [2.45, 2.75) is 16.7 Å². The Morgan fingerprint density at radius 3 is 2.65 bits per heavy atom. The fraction of sp³-hybridized carbons (Fsp3) is 0.133. The van der Waals surface area contributed by atoms with Gasteiger partial charge in [0.05, 0.1) is 0 Å². The van der Waals surface area contributed by atoms with Crippen LogP contribution in [-0.2, 0) is 0 Å². The van der Waals surface area contributed by atoms with Gasteiger partial charge in [0.2, 0.25) is 0 Å². The maximum absolute atomic E-state index is 13.6. The van der Waals surface area contributed by atoms with E-state index in [1.54, 1.807) is 36.4 Å². The largest absolute Gasteiger partial charge is 0.398 e. The molecule has 2 aromatic carbocycles. The molecular formula is C15H15FN2OS. The molecule has 0 unspecified atom stereocenters. The standard InChI is InChI=1S/C15H15FN2OS/c1-2-18-15(19)10-7-8-14(12(17)9-10)20-13-6-4-3-5-11(13)16/h3-9H,2,17H2,1H3,(H,18,19). The summed E-state index contributed by atoms with van der Waals surface area (Å²) in [6.45, 7) is 2.41. The molecule has 3 nitrogen and oxygen atoms in total. The van der Waals surface area contributed by atoms with Crippen LogP contribution in [0, 0.1) is 5.82 Å². The van der Waals surface area contributed by atoms with Gasteiger partial charge >= 0.3 is 0 Å². The number of nitrogens with one attached hydrogen (secondary N) is 1. The molecular weight excluding hydrogens is 275 g/mol. The molecule has 0 aliphatic carbocycles. The molecule has 1 amide bonds. The van der Waals surface area contributed by atoms with Crippen molar-refractivity contribution in [1.82, 2.24) is 5.32 Å². The van der Waals surface area contributed by atoms with Crippen molar-refractivity contribution >= 4 is 23.4 Å². The lowest BCUT2D eigenvalue weighted by atomic mass is 10.2. The molecule has 2 rings (SSSR count). The number of anilines is 1. The van der Waals surface area contributed by atoms with E-state index in [0.29, 0.717) is 22.7 Å². The Balaban J connectivity index is 2.22. The second-order valence-electron chi connectivity index (χ2n) is 4.14. The molecule has 0 saturated heterocycles. The second-order valence-corrected chi connectivity index (χ2v) is 5.23. The van der Waals surface area contributed by atoms with Gasteiger partial charge < -0.3 is 11.1 Å². The lowest BCUT2D eigenvalue weighted by Gasteiger charge is -2.08. The molecule has 0 aliphatic rings. The number of carbonyl (C=O) groups is 1. The normalized spacial score (nSPS) is 10.3. The maximum Gasteiger partial charge on any atom is 0.251 e. The van der Waals surface area contributed by atoms with Gasteiger partial charge in [-0.15, -0.1) is 0 Å². The van der Waals surface area contributed by atoms with Crippen molar-refractivity contribution < 1.29 is 9.18 Å². The van der Waals surface area contributed by atoms with Crippen LogP contribution >= 0.6 is 11.8 Å². The van der Waals surface area contributed by atoms with E-state index >= 15 is 0 Å². The molecule has 0 aromatic heterocycles. The quantitative estimate of drug-likeness (QED) is 0.849. The summed E-state index contributed by atoms with van der Waals surface area (Å²) in [4.78, 5) is 12.9. The Bertz CT molecular complexity index is 631. The van der Waals surface area contributed by atoms with Gasteiger partial charge in [-0.2, -0.15) is 0 Å². The minimum absolute atomic E-state index is 0.165. The van der Waals surface area contributed by atoms with Gasteiger partial charge in [-0.3, -0.25) is 4.79 Å². The van der Waals surface area contributed by atoms with E-state index in [1.807, 2.05) is 6.92 Å². The second kappa shape index (κ2) is 6.43. The predicted octanol–water partition coefficient (Wildman–Crippen LogP) is 3.31. The van der Waals surface area contributed by atoms with E-state index < -0.39 is 0 Å². The predicted molar refractivity (Wildman–Crippen MR) is 79.4 cm³/mol. The summed E-state index contributed by atoms with van der Waals surface area (Å²) in [7, 11) is 0. The number of amides is 1. The molecule has 0 radical (unpaired) electrons. The fourth-order valence-corrected chi connectivity index (χ4v) is 2.55. The first-order chi connectivity index (χ1) is 9.61. The van der Waals surface area contributed by atoms with Crippen molar-refractivity contribution in [2.24, 2.45) is 0 Å². The van der Waals surface area contributed by atoms with Gasteiger partial charge in [-0.05, 0) is 37.3 Å². The molecule has 0 fully saturated rings. The molecule has 0 bridgehead atoms. The summed E-state index contributed by atoms with van der Waals surface area (Å²) >= 11 is 1.24. The minimum atomic E-state index is -0.287. The van der Waals surface area contributed by atoms with Crippen LogP contribution in [0.2, 0.25) is 0 Å². The fourth-order valence-electron chi connectivity index (χ4n) is 1.69. The van der Waals surface area contributed by atoms with E-state index in [2.05, 4.69) is 5.32 Å². The smallest absolute Gasteiger partial charge is 0.251 e. The summed E-state index contributed by atoms with van der Waals surface area (Å²) in [5.74, 6) is -0.452. The Hall–Kier alpha value is -2.01. The summed E-state index contributed by atoms with van der Waals surface area (Å²) in [6.07, 6.45) is 0. The average Bonchev–Trinajstić information content (AvgIpc) is 2.43. The van der Waals surface area contributed by atoms with Crippen molar-refractivity contribution in [3.8, 4) is 0 Å². The lowest BCUT2D eigenvalue weighted by Crippen LogP contribution is -2.22. The van der Waals surface area contributed by atoms with Crippen LogP contribution in [0.4, 0.5) is 10.1 Å². The zero-order valence-corrected chi connectivity index (χ0v) is 11.8. The van der Waals surface area contributed by atoms with E-state index in [1.165, 1.54) is 17.8 Å². The molecule has 0 atom stereocenters. The zero-order chi connectivity index (χ0) is 14.5. The molecule has 5 heteroatoms. The number of carbonyl (C=O) groups excluding carboxylic acids is 1. The van der Waals surface area contributed by atoms with Gasteiger partial charge in [0.25, 0.3) is 5.91 Å². The minimum Gasteiger partial charge on any atom is -0.398 e. The third-order valence-corrected chi connectivity index (χ3v) is 3.81. The number of hydrogen-bond acceptors (Lipinski definition) is 3. The maximum atomic E-state index is 13.6. The van der Waals surface area contributed by atoms with Crippen LogP contribution in [0.25, 0.3) is 0 Å². The highest BCUT2D eigenvalue weighted by molar-refractivity contribution is 7.99.